The summed E-state index contributed by atoms with van der Waals surface area (Å²) in [6, 6.07) is 3.71. The standard InChI is InChI=1S/C10H11BrN2O/c11-6-3-5-1-2-8(12)9(5)7(4-6)10(13)14/h3-4,8H,1-2,12H2,(H2,13,14). The van der Waals surface area contributed by atoms with Crippen molar-refractivity contribution in [2.45, 2.75) is 18.9 Å². The molecule has 0 heterocycles. The quantitative estimate of drug-likeness (QED) is 0.798. The van der Waals surface area contributed by atoms with Crippen molar-refractivity contribution in [1.82, 2.24) is 0 Å². The molecule has 1 aliphatic rings. The number of amides is 1. The highest BCUT2D eigenvalue weighted by Gasteiger charge is 2.24. The number of nitrogens with two attached hydrogens (primary N) is 2. The molecular formula is C10H11BrN2O. The summed E-state index contributed by atoms with van der Waals surface area (Å²) in [4.78, 5) is 11.2. The fourth-order valence-electron chi connectivity index (χ4n) is 1.98. The van der Waals surface area contributed by atoms with E-state index < -0.39 is 5.91 Å². The predicted molar refractivity (Wildman–Crippen MR) is 57.9 cm³/mol. The lowest BCUT2D eigenvalue weighted by Crippen LogP contribution is -2.17. The van der Waals surface area contributed by atoms with Crippen molar-refractivity contribution < 1.29 is 4.79 Å². The molecule has 0 aliphatic heterocycles. The Morgan fingerprint density at radius 1 is 1.50 bits per heavy atom. The van der Waals surface area contributed by atoms with E-state index in [1.807, 2.05) is 6.07 Å². The lowest BCUT2D eigenvalue weighted by Gasteiger charge is -2.10. The summed E-state index contributed by atoms with van der Waals surface area (Å²) in [6.45, 7) is 0. The Morgan fingerprint density at radius 2 is 2.21 bits per heavy atom. The molecule has 74 valence electrons. The Morgan fingerprint density at radius 3 is 2.86 bits per heavy atom. The molecule has 1 atom stereocenters. The van der Waals surface area contributed by atoms with Crippen LogP contribution in [-0.4, -0.2) is 5.91 Å². The van der Waals surface area contributed by atoms with Gasteiger partial charge in [0.25, 0.3) is 0 Å². The van der Waals surface area contributed by atoms with Gasteiger partial charge in [-0.15, -0.1) is 0 Å². The second-order valence-electron chi connectivity index (χ2n) is 3.54. The number of fused-ring (bicyclic) bond motifs is 1. The van der Waals surface area contributed by atoms with E-state index >= 15 is 0 Å². The molecule has 0 radical (unpaired) electrons. The maximum absolute atomic E-state index is 11.2. The zero-order valence-corrected chi connectivity index (χ0v) is 9.17. The molecule has 1 unspecified atom stereocenters. The highest BCUT2D eigenvalue weighted by atomic mass is 79.9. The zero-order chi connectivity index (χ0) is 10.3. The minimum atomic E-state index is -0.403. The monoisotopic (exact) mass is 254 g/mol. The second-order valence-corrected chi connectivity index (χ2v) is 4.45. The van der Waals surface area contributed by atoms with E-state index in [0.717, 1.165) is 28.4 Å². The average molecular weight is 255 g/mol. The van der Waals surface area contributed by atoms with Gasteiger partial charge in [0.1, 0.15) is 0 Å². The van der Waals surface area contributed by atoms with Gasteiger partial charge in [0, 0.05) is 16.1 Å². The first-order valence-electron chi connectivity index (χ1n) is 4.47. The van der Waals surface area contributed by atoms with Crippen molar-refractivity contribution in [2.75, 3.05) is 0 Å². The number of rotatable bonds is 1. The molecule has 1 amide bonds. The summed E-state index contributed by atoms with van der Waals surface area (Å²) < 4.78 is 0.888. The maximum Gasteiger partial charge on any atom is 0.249 e. The molecule has 14 heavy (non-hydrogen) atoms. The molecule has 4 N–H and O–H groups in total. The van der Waals surface area contributed by atoms with Crippen LogP contribution in [0.5, 0.6) is 0 Å². The average Bonchev–Trinajstić information content (AvgIpc) is 2.46. The van der Waals surface area contributed by atoms with Crippen LogP contribution in [0.3, 0.4) is 0 Å². The molecule has 0 saturated carbocycles. The first-order chi connectivity index (χ1) is 6.59. The summed E-state index contributed by atoms with van der Waals surface area (Å²) in [5.41, 5.74) is 13.8. The van der Waals surface area contributed by atoms with Gasteiger partial charge in [-0.05, 0) is 36.1 Å². The van der Waals surface area contributed by atoms with Crippen molar-refractivity contribution >= 4 is 21.8 Å². The number of hydrogen-bond donors (Lipinski definition) is 2. The van der Waals surface area contributed by atoms with Gasteiger partial charge < -0.3 is 11.5 Å². The Balaban J connectivity index is 2.65. The van der Waals surface area contributed by atoms with Crippen molar-refractivity contribution in [1.29, 1.82) is 0 Å². The highest BCUT2D eigenvalue weighted by molar-refractivity contribution is 9.10. The lowest BCUT2D eigenvalue weighted by atomic mass is 10.0. The second kappa shape index (κ2) is 3.37. The van der Waals surface area contributed by atoms with Gasteiger partial charge in [-0.2, -0.15) is 0 Å². The van der Waals surface area contributed by atoms with Gasteiger partial charge in [0.15, 0.2) is 0 Å². The number of hydrogen-bond acceptors (Lipinski definition) is 2. The fraction of sp³-hybridized carbons (Fsp3) is 0.300. The minimum absolute atomic E-state index is 0.0411. The number of carbonyl (C=O) groups is 1. The van der Waals surface area contributed by atoms with Gasteiger partial charge in [0.2, 0.25) is 5.91 Å². The van der Waals surface area contributed by atoms with Crippen LogP contribution in [-0.2, 0) is 6.42 Å². The van der Waals surface area contributed by atoms with Gasteiger partial charge in [-0.3, -0.25) is 4.79 Å². The van der Waals surface area contributed by atoms with Crippen LogP contribution in [0.1, 0.15) is 33.9 Å². The normalized spacial score (nSPS) is 19.4. The molecule has 1 aromatic rings. The third kappa shape index (κ3) is 1.44. The fourth-order valence-corrected chi connectivity index (χ4v) is 2.48. The predicted octanol–water partition coefficient (Wildman–Crippen LogP) is 1.49. The maximum atomic E-state index is 11.2. The van der Waals surface area contributed by atoms with Crippen LogP contribution in [0.15, 0.2) is 16.6 Å². The minimum Gasteiger partial charge on any atom is -0.366 e. The van der Waals surface area contributed by atoms with Gasteiger partial charge in [-0.1, -0.05) is 15.9 Å². The molecular weight excluding hydrogens is 244 g/mol. The molecule has 1 aromatic carbocycles. The third-order valence-corrected chi connectivity index (χ3v) is 3.05. The Hall–Kier alpha value is -0.870. The van der Waals surface area contributed by atoms with Crippen LogP contribution >= 0.6 is 15.9 Å². The topological polar surface area (TPSA) is 69.1 Å². The molecule has 0 aromatic heterocycles. The Labute approximate surface area is 90.6 Å². The van der Waals surface area contributed by atoms with Gasteiger partial charge in [-0.25, -0.2) is 0 Å². The van der Waals surface area contributed by atoms with Crippen LogP contribution in [0.2, 0.25) is 0 Å². The van der Waals surface area contributed by atoms with Crippen LogP contribution < -0.4 is 11.5 Å². The number of benzene rings is 1. The largest absolute Gasteiger partial charge is 0.366 e. The first kappa shape index (κ1) is 9.68. The van der Waals surface area contributed by atoms with Crippen molar-refractivity contribution in [3.8, 4) is 0 Å². The molecule has 0 bridgehead atoms. The molecule has 1 aliphatic carbocycles. The Bertz CT molecular complexity index is 403. The molecule has 3 nitrogen and oxygen atoms in total. The Kier molecular flexibility index (Phi) is 2.33. The summed E-state index contributed by atoms with van der Waals surface area (Å²) in [7, 11) is 0. The summed E-state index contributed by atoms with van der Waals surface area (Å²) >= 11 is 3.36. The summed E-state index contributed by atoms with van der Waals surface area (Å²) in [5, 5.41) is 0. The molecule has 0 fully saturated rings. The molecule has 4 heteroatoms. The lowest BCUT2D eigenvalue weighted by molar-refractivity contribution is 0.0999. The van der Waals surface area contributed by atoms with Crippen molar-refractivity contribution in [3.63, 3.8) is 0 Å². The number of carbonyl (C=O) groups excluding carboxylic acids is 1. The van der Waals surface area contributed by atoms with Crippen LogP contribution in [0.25, 0.3) is 0 Å². The van der Waals surface area contributed by atoms with E-state index in [1.165, 1.54) is 0 Å². The number of primary amides is 1. The smallest absolute Gasteiger partial charge is 0.249 e. The molecule has 0 spiro atoms. The summed E-state index contributed by atoms with van der Waals surface area (Å²) in [6.07, 6.45) is 1.82. The van der Waals surface area contributed by atoms with Gasteiger partial charge in [0.05, 0.1) is 0 Å². The van der Waals surface area contributed by atoms with E-state index in [0.29, 0.717) is 5.56 Å². The van der Waals surface area contributed by atoms with E-state index in [9.17, 15) is 4.79 Å². The molecule has 2 rings (SSSR count). The SMILES string of the molecule is NC(=O)c1cc(Br)cc2c1C(N)CC2. The summed E-state index contributed by atoms with van der Waals surface area (Å²) in [5.74, 6) is -0.403. The van der Waals surface area contributed by atoms with E-state index in [4.69, 9.17) is 11.5 Å². The van der Waals surface area contributed by atoms with Gasteiger partial charge >= 0.3 is 0 Å². The van der Waals surface area contributed by atoms with Crippen molar-refractivity contribution in [3.05, 3.63) is 33.3 Å². The van der Waals surface area contributed by atoms with E-state index in [1.54, 1.807) is 6.07 Å². The third-order valence-electron chi connectivity index (χ3n) is 2.59. The highest BCUT2D eigenvalue weighted by Crippen LogP contribution is 2.34. The van der Waals surface area contributed by atoms with Crippen LogP contribution in [0, 0.1) is 0 Å². The molecule has 0 saturated heterocycles. The van der Waals surface area contributed by atoms with E-state index in [-0.39, 0.29) is 6.04 Å². The number of halogens is 1. The zero-order valence-electron chi connectivity index (χ0n) is 7.59. The van der Waals surface area contributed by atoms with Crippen molar-refractivity contribution in [2.24, 2.45) is 11.5 Å². The number of aryl methyl sites for hydroxylation is 1. The van der Waals surface area contributed by atoms with E-state index in [2.05, 4.69) is 15.9 Å². The first-order valence-corrected chi connectivity index (χ1v) is 5.26. The van der Waals surface area contributed by atoms with Crippen LogP contribution in [0.4, 0.5) is 0 Å².